The summed E-state index contributed by atoms with van der Waals surface area (Å²) in [5.41, 5.74) is 0.389. The highest BCUT2D eigenvalue weighted by Gasteiger charge is 2.47. The number of hydrogen-bond acceptors (Lipinski definition) is 6. The molecule has 1 heterocycles. The maximum atomic E-state index is 12.9. The molecule has 2 aliphatic carbocycles. The van der Waals surface area contributed by atoms with Gasteiger partial charge in [-0.1, -0.05) is 24.5 Å². The van der Waals surface area contributed by atoms with E-state index in [1.165, 1.54) is 30.7 Å². The summed E-state index contributed by atoms with van der Waals surface area (Å²) in [5.74, 6) is -0.0868. The summed E-state index contributed by atoms with van der Waals surface area (Å²) in [5, 5.41) is 26.1. The van der Waals surface area contributed by atoms with Crippen LogP contribution in [0.4, 0.5) is 0 Å². The van der Waals surface area contributed by atoms with Crippen LogP contribution in [0.5, 0.6) is 0 Å². The van der Waals surface area contributed by atoms with Gasteiger partial charge >= 0.3 is 0 Å². The first-order valence-corrected chi connectivity index (χ1v) is 11.6. The number of primary sulfonamides is 1. The first kappa shape index (κ1) is 20.5. The second kappa shape index (κ2) is 7.81. The predicted molar refractivity (Wildman–Crippen MR) is 107 cm³/mol. The van der Waals surface area contributed by atoms with E-state index in [4.69, 9.17) is 5.14 Å². The molecule has 4 rings (SSSR count). The summed E-state index contributed by atoms with van der Waals surface area (Å²) >= 11 is 0. The van der Waals surface area contributed by atoms with E-state index in [0.29, 0.717) is 11.3 Å². The first-order chi connectivity index (χ1) is 14.3. The van der Waals surface area contributed by atoms with Crippen molar-refractivity contribution in [1.29, 1.82) is 5.26 Å². The zero-order valence-corrected chi connectivity index (χ0v) is 17.3. The van der Waals surface area contributed by atoms with Gasteiger partial charge < -0.3 is 5.32 Å². The molecule has 0 spiro atoms. The predicted octanol–water partition coefficient (Wildman–Crippen LogP) is 1.99. The van der Waals surface area contributed by atoms with Gasteiger partial charge in [-0.15, -0.1) is 5.10 Å². The Hall–Kier alpha value is -2.77. The van der Waals surface area contributed by atoms with Crippen molar-refractivity contribution in [1.82, 2.24) is 20.3 Å². The van der Waals surface area contributed by atoms with Crippen LogP contribution in [0.15, 0.2) is 35.4 Å². The maximum absolute atomic E-state index is 12.9. The number of carbonyl (C=O) groups excluding carboxylic acids is 1. The summed E-state index contributed by atoms with van der Waals surface area (Å²) in [4.78, 5) is 12.9. The highest BCUT2D eigenvalue weighted by molar-refractivity contribution is 7.89. The van der Waals surface area contributed by atoms with Crippen molar-refractivity contribution in [2.24, 2.45) is 11.1 Å². The van der Waals surface area contributed by atoms with Gasteiger partial charge in [0.2, 0.25) is 10.0 Å². The van der Waals surface area contributed by atoms with E-state index in [-0.39, 0.29) is 22.8 Å². The standard InChI is InChI=1S/C20H24N6O3S/c21-13-20(10-11-20)26-12-17(24-25-26)18(14-4-2-1-3-5-14)23-19(27)15-6-8-16(9-7-15)30(22,28)29/h6-9,12,14,18H,1-5,10-11H2,(H,23,27)(H2,22,28,29). The third-order valence-electron chi connectivity index (χ3n) is 6.05. The zero-order valence-electron chi connectivity index (χ0n) is 16.5. The monoisotopic (exact) mass is 428 g/mol. The van der Waals surface area contributed by atoms with E-state index in [1.807, 2.05) is 0 Å². The number of hydrogen-bond donors (Lipinski definition) is 2. The Morgan fingerprint density at radius 2 is 1.90 bits per heavy atom. The van der Waals surface area contributed by atoms with Crippen molar-refractivity contribution >= 4 is 15.9 Å². The van der Waals surface area contributed by atoms with Gasteiger partial charge in [-0.3, -0.25) is 4.79 Å². The van der Waals surface area contributed by atoms with Crippen molar-refractivity contribution in [2.75, 3.05) is 0 Å². The van der Waals surface area contributed by atoms with E-state index in [9.17, 15) is 18.5 Å². The number of nitrogens with one attached hydrogen (secondary N) is 1. The lowest BCUT2D eigenvalue weighted by Gasteiger charge is -2.29. The lowest BCUT2D eigenvalue weighted by Crippen LogP contribution is -2.34. The molecule has 1 atom stereocenters. The van der Waals surface area contributed by atoms with Crippen LogP contribution in [0.3, 0.4) is 0 Å². The molecule has 3 N–H and O–H groups in total. The van der Waals surface area contributed by atoms with E-state index in [1.54, 1.807) is 10.9 Å². The average molecular weight is 429 g/mol. The van der Waals surface area contributed by atoms with Crippen molar-refractivity contribution < 1.29 is 13.2 Å². The molecule has 1 aromatic carbocycles. The van der Waals surface area contributed by atoms with Gasteiger partial charge in [-0.05, 0) is 55.9 Å². The molecule has 2 aliphatic rings. The number of nitriles is 1. The lowest BCUT2D eigenvalue weighted by atomic mass is 9.82. The number of aromatic nitrogens is 3. The van der Waals surface area contributed by atoms with Crippen molar-refractivity contribution in [2.45, 2.75) is 61.4 Å². The summed E-state index contributed by atoms with van der Waals surface area (Å²) in [6.45, 7) is 0. The molecule has 2 aromatic rings. The fourth-order valence-electron chi connectivity index (χ4n) is 4.06. The number of carbonyl (C=O) groups is 1. The van der Waals surface area contributed by atoms with Crippen LogP contribution in [-0.4, -0.2) is 29.3 Å². The quantitative estimate of drug-likeness (QED) is 0.720. The molecule has 0 radical (unpaired) electrons. The molecular weight excluding hydrogens is 404 g/mol. The summed E-state index contributed by atoms with van der Waals surface area (Å²) < 4.78 is 24.5. The molecule has 2 fully saturated rings. The third-order valence-corrected chi connectivity index (χ3v) is 6.98. The fraction of sp³-hybridized carbons (Fsp3) is 0.500. The molecule has 0 saturated heterocycles. The Morgan fingerprint density at radius 3 is 2.47 bits per heavy atom. The second-order valence-corrected chi connectivity index (χ2v) is 9.71. The molecule has 0 aliphatic heterocycles. The third kappa shape index (κ3) is 4.08. The van der Waals surface area contributed by atoms with Crippen LogP contribution in [0.25, 0.3) is 0 Å². The van der Waals surface area contributed by atoms with Crippen LogP contribution in [0.2, 0.25) is 0 Å². The molecule has 1 amide bonds. The van der Waals surface area contributed by atoms with Gasteiger partial charge in [0, 0.05) is 5.56 Å². The summed E-state index contributed by atoms with van der Waals surface area (Å²) in [6.07, 6.45) is 8.60. The molecular formula is C20H24N6O3S. The first-order valence-electron chi connectivity index (χ1n) is 10.1. The normalized spacial score (nSPS) is 19.6. The minimum atomic E-state index is -3.82. The minimum Gasteiger partial charge on any atom is -0.343 e. The molecule has 30 heavy (non-hydrogen) atoms. The van der Waals surface area contributed by atoms with Gasteiger partial charge in [-0.25, -0.2) is 18.2 Å². The fourth-order valence-corrected chi connectivity index (χ4v) is 4.58. The lowest BCUT2D eigenvalue weighted by molar-refractivity contribution is 0.0910. The Kier molecular flexibility index (Phi) is 5.34. The minimum absolute atomic E-state index is 0.0444. The molecule has 1 unspecified atom stereocenters. The number of nitrogens with zero attached hydrogens (tertiary/aromatic N) is 4. The molecule has 158 valence electrons. The van der Waals surface area contributed by atoms with E-state index >= 15 is 0 Å². The molecule has 0 bridgehead atoms. The Balaban J connectivity index is 1.57. The van der Waals surface area contributed by atoms with E-state index in [2.05, 4.69) is 21.7 Å². The maximum Gasteiger partial charge on any atom is 0.251 e. The largest absolute Gasteiger partial charge is 0.343 e. The van der Waals surface area contributed by atoms with E-state index < -0.39 is 15.6 Å². The van der Waals surface area contributed by atoms with Crippen molar-refractivity contribution in [3.8, 4) is 6.07 Å². The smallest absolute Gasteiger partial charge is 0.251 e. The topological polar surface area (TPSA) is 144 Å². The number of rotatable bonds is 6. The number of sulfonamides is 1. The second-order valence-electron chi connectivity index (χ2n) is 8.15. The Labute approximate surface area is 175 Å². The van der Waals surface area contributed by atoms with Crippen LogP contribution < -0.4 is 10.5 Å². The molecule has 10 heteroatoms. The summed E-state index contributed by atoms with van der Waals surface area (Å²) in [7, 11) is -3.82. The number of nitrogens with two attached hydrogens (primary N) is 1. The molecule has 2 saturated carbocycles. The number of benzene rings is 1. The number of amides is 1. The van der Waals surface area contributed by atoms with Crippen molar-refractivity contribution in [3.05, 3.63) is 41.7 Å². The zero-order chi connectivity index (χ0) is 21.4. The van der Waals surface area contributed by atoms with Gasteiger partial charge in [0.1, 0.15) is 5.69 Å². The molecule has 9 nitrogen and oxygen atoms in total. The SMILES string of the molecule is N#CC1(n2cc(C(NC(=O)c3ccc(S(N)(=O)=O)cc3)C3CCCCC3)nn2)CC1. The van der Waals surface area contributed by atoms with Crippen molar-refractivity contribution in [3.63, 3.8) is 0 Å². The van der Waals surface area contributed by atoms with Gasteiger partial charge in [0.05, 0.1) is 23.2 Å². The van der Waals surface area contributed by atoms with Gasteiger partial charge in [0.15, 0.2) is 5.54 Å². The van der Waals surface area contributed by atoms with Gasteiger partial charge in [0.25, 0.3) is 5.91 Å². The van der Waals surface area contributed by atoms with Gasteiger partial charge in [-0.2, -0.15) is 5.26 Å². The Bertz CT molecular complexity index is 1080. The van der Waals surface area contributed by atoms with Crippen LogP contribution >= 0.6 is 0 Å². The highest BCUT2D eigenvalue weighted by Crippen LogP contribution is 2.43. The van der Waals surface area contributed by atoms with E-state index in [0.717, 1.165) is 38.5 Å². The van der Waals surface area contributed by atoms with Crippen LogP contribution in [-0.2, 0) is 15.6 Å². The highest BCUT2D eigenvalue weighted by atomic mass is 32.2. The van der Waals surface area contributed by atoms with Crippen LogP contribution in [0.1, 0.15) is 67.0 Å². The molecule has 1 aromatic heterocycles. The van der Waals surface area contributed by atoms with Crippen LogP contribution in [0, 0.1) is 17.2 Å². The average Bonchev–Trinajstić information content (AvgIpc) is 3.40. The summed E-state index contributed by atoms with van der Waals surface area (Å²) in [6, 6.07) is 7.50. The Morgan fingerprint density at radius 1 is 1.23 bits per heavy atom.